The summed E-state index contributed by atoms with van der Waals surface area (Å²) in [4.78, 5) is 22.4. The Hall–Kier alpha value is -3.13. The van der Waals surface area contributed by atoms with Gasteiger partial charge in [-0.05, 0) is 35.4 Å². The first-order chi connectivity index (χ1) is 10.6. The van der Waals surface area contributed by atoms with Gasteiger partial charge in [0.1, 0.15) is 11.8 Å². The van der Waals surface area contributed by atoms with Gasteiger partial charge in [-0.25, -0.2) is 4.79 Å². The van der Waals surface area contributed by atoms with Crippen molar-refractivity contribution in [1.82, 2.24) is 0 Å². The Kier molecular flexibility index (Phi) is 4.89. The van der Waals surface area contributed by atoms with E-state index < -0.39 is 5.97 Å². The highest BCUT2D eigenvalue weighted by molar-refractivity contribution is 5.90. The molecule has 0 N–H and O–H groups in total. The van der Waals surface area contributed by atoms with Crippen LogP contribution in [0.1, 0.15) is 17.3 Å². The van der Waals surface area contributed by atoms with E-state index >= 15 is 0 Å². The van der Waals surface area contributed by atoms with E-state index in [2.05, 4.69) is 0 Å². The molecule has 110 valence electrons. The van der Waals surface area contributed by atoms with Crippen molar-refractivity contribution < 1.29 is 19.1 Å². The van der Waals surface area contributed by atoms with Crippen molar-refractivity contribution in [3.05, 3.63) is 54.1 Å². The molecule has 0 aliphatic rings. The van der Waals surface area contributed by atoms with Crippen molar-refractivity contribution in [2.45, 2.75) is 6.92 Å². The molecule has 0 spiro atoms. The minimum Gasteiger partial charge on any atom is -0.447 e. The van der Waals surface area contributed by atoms with E-state index in [0.717, 1.165) is 11.1 Å². The molecular weight excluding hydrogens is 282 g/mol. The Morgan fingerprint density at radius 2 is 1.55 bits per heavy atom. The van der Waals surface area contributed by atoms with Crippen LogP contribution in [0.2, 0.25) is 0 Å². The number of ether oxygens (including phenoxy) is 2. The van der Waals surface area contributed by atoms with Gasteiger partial charge in [0, 0.05) is 6.92 Å². The molecule has 5 nitrogen and oxygen atoms in total. The molecule has 0 saturated carbocycles. The van der Waals surface area contributed by atoms with Crippen LogP contribution < -0.4 is 4.74 Å². The normalized spacial score (nSPS) is 9.64. The molecule has 0 bridgehead atoms. The van der Waals surface area contributed by atoms with Crippen molar-refractivity contribution in [2.75, 3.05) is 6.61 Å². The summed E-state index contributed by atoms with van der Waals surface area (Å²) < 4.78 is 9.69. The summed E-state index contributed by atoms with van der Waals surface area (Å²) in [5.74, 6) is -0.417. The maximum atomic E-state index is 11.6. The second kappa shape index (κ2) is 7.04. The van der Waals surface area contributed by atoms with Crippen molar-refractivity contribution in [3.63, 3.8) is 0 Å². The third-order valence-electron chi connectivity index (χ3n) is 2.84. The summed E-state index contributed by atoms with van der Waals surface area (Å²) in [6.45, 7) is 1.08. The summed E-state index contributed by atoms with van der Waals surface area (Å²) in [5, 5.41) is 8.37. The second-order valence-electron chi connectivity index (χ2n) is 4.43. The van der Waals surface area contributed by atoms with Crippen LogP contribution >= 0.6 is 0 Å². The molecule has 0 amide bonds. The minimum absolute atomic E-state index is 0.266. The highest BCUT2D eigenvalue weighted by Crippen LogP contribution is 2.23. The lowest BCUT2D eigenvalue weighted by Gasteiger charge is -2.05. The molecule has 0 radical (unpaired) electrons. The van der Waals surface area contributed by atoms with Gasteiger partial charge in [0.2, 0.25) is 0 Å². The Labute approximate surface area is 127 Å². The van der Waals surface area contributed by atoms with Crippen molar-refractivity contribution in [1.29, 1.82) is 5.26 Å². The van der Waals surface area contributed by atoms with E-state index in [-0.39, 0.29) is 12.6 Å². The summed E-state index contributed by atoms with van der Waals surface area (Å²) >= 11 is 0. The van der Waals surface area contributed by atoms with E-state index in [0.29, 0.717) is 11.3 Å². The van der Waals surface area contributed by atoms with Gasteiger partial charge in [0.05, 0.1) is 5.56 Å². The topological polar surface area (TPSA) is 76.4 Å². The number of rotatable bonds is 4. The van der Waals surface area contributed by atoms with Crippen molar-refractivity contribution >= 4 is 11.9 Å². The summed E-state index contributed by atoms with van der Waals surface area (Å²) in [6.07, 6.45) is 0. The first-order valence-electron chi connectivity index (χ1n) is 6.53. The molecule has 22 heavy (non-hydrogen) atoms. The number of benzene rings is 2. The molecule has 0 atom stereocenters. The SMILES string of the molecule is CC(=O)Oc1ccc(-c2ccc(C(=O)OCC#N)cc2)cc1. The molecule has 0 saturated heterocycles. The van der Waals surface area contributed by atoms with Gasteiger partial charge in [0.15, 0.2) is 6.61 Å². The Morgan fingerprint density at radius 1 is 1.00 bits per heavy atom. The van der Waals surface area contributed by atoms with Gasteiger partial charge >= 0.3 is 11.9 Å². The van der Waals surface area contributed by atoms with Crippen LogP contribution in [0.25, 0.3) is 11.1 Å². The van der Waals surface area contributed by atoms with Crippen molar-refractivity contribution in [3.8, 4) is 22.9 Å². The molecule has 0 aliphatic carbocycles. The molecule has 5 heteroatoms. The molecule has 0 heterocycles. The van der Waals surface area contributed by atoms with Gasteiger partial charge < -0.3 is 9.47 Å². The fraction of sp³-hybridized carbons (Fsp3) is 0.118. The lowest BCUT2D eigenvalue weighted by atomic mass is 10.0. The fourth-order valence-corrected chi connectivity index (χ4v) is 1.86. The smallest absolute Gasteiger partial charge is 0.339 e. The van der Waals surface area contributed by atoms with Crippen LogP contribution in [-0.2, 0) is 9.53 Å². The highest BCUT2D eigenvalue weighted by Gasteiger charge is 2.07. The monoisotopic (exact) mass is 295 g/mol. The van der Waals surface area contributed by atoms with E-state index in [1.165, 1.54) is 6.92 Å². The predicted molar refractivity (Wildman–Crippen MR) is 79.1 cm³/mol. The molecule has 2 aromatic carbocycles. The van der Waals surface area contributed by atoms with E-state index in [1.807, 2.05) is 12.1 Å². The molecule has 0 aliphatic heterocycles. The molecule has 0 fully saturated rings. The lowest BCUT2D eigenvalue weighted by molar-refractivity contribution is -0.131. The predicted octanol–water partition coefficient (Wildman–Crippen LogP) is 2.96. The van der Waals surface area contributed by atoms with Crippen LogP contribution in [0.3, 0.4) is 0 Å². The zero-order valence-corrected chi connectivity index (χ0v) is 11.9. The van der Waals surface area contributed by atoms with Gasteiger partial charge in [-0.15, -0.1) is 0 Å². The maximum Gasteiger partial charge on any atom is 0.339 e. The number of hydrogen-bond donors (Lipinski definition) is 0. The van der Waals surface area contributed by atoms with Crippen LogP contribution in [0.5, 0.6) is 5.75 Å². The quantitative estimate of drug-likeness (QED) is 0.640. The third-order valence-corrected chi connectivity index (χ3v) is 2.84. The van der Waals surface area contributed by atoms with Gasteiger partial charge in [-0.3, -0.25) is 4.79 Å². The van der Waals surface area contributed by atoms with Crippen LogP contribution in [-0.4, -0.2) is 18.5 Å². The molecule has 2 rings (SSSR count). The van der Waals surface area contributed by atoms with Crippen molar-refractivity contribution in [2.24, 2.45) is 0 Å². The lowest BCUT2D eigenvalue weighted by Crippen LogP contribution is -2.04. The number of nitriles is 1. The third kappa shape index (κ3) is 3.93. The maximum absolute atomic E-state index is 11.6. The largest absolute Gasteiger partial charge is 0.447 e. The highest BCUT2D eigenvalue weighted by atomic mass is 16.5. The standard InChI is InChI=1S/C17H13NO4/c1-12(19)22-16-8-6-14(7-9-16)13-2-4-15(5-3-13)17(20)21-11-10-18/h2-9H,11H2,1H3. The average Bonchev–Trinajstić information content (AvgIpc) is 2.53. The van der Waals surface area contributed by atoms with Crippen LogP contribution in [0.4, 0.5) is 0 Å². The Morgan fingerprint density at radius 3 is 2.05 bits per heavy atom. The number of esters is 2. The molecular formula is C17H13NO4. The zero-order valence-electron chi connectivity index (χ0n) is 11.9. The summed E-state index contributed by atoms with van der Waals surface area (Å²) in [7, 11) is 0. The minimum atomic E-state index is -0.529. The van der Waals surface area contributed by atoms with E-state index in [1.54, 1.807) is 42.5 Å². The molecule has 2 aromatic rings. The van der Waals surface area contributed by atoms with Gasteiger partial charge in [0.25, 0.3) is 0 Å². The number of nitrogens with zero attached hydrogens (tertiary/aromatic N) is 1. The second-order valence-corrected chi connectivity index (χ2v) is 4.43. The number of carbonyl (C=O) groups is 2. The first kappa shape index (κ1) is 15.3. The van der Waals surface area contributed by atoms with Gasteiger partial charge in [-0.2, -0.15) is 5.26 Å². The fourth-order valence-electron chi connectivity index (χ4n) is 1.86. The Bertz CT molecular complexity index is 712. The van der Waals surface area contributed by atoms with E-state index in [9.17, 15) is 9.59 Å². The summed E-state index contributed by atoms with van der Waals surface area (Å²) in [5.41, 5.74) is 2.22. The van der Waals surface area contributed by atoms with Gasteiger partial charge in [-0.1, -0.05) is 24.3 Å². The average molecular weight is 295 g/mol. The number of carbonyl (C=O) groups excluding carboxylic acids is 2. The van der Waals surface area contributed by atoms with E-state index in [4.69, 9.17) is 14.7 Å². The zero-order chi connectivity index (χ0) is 15.9. The first-order valence-corrected chi connectivity index (χ1v) is 6.53. The summed E-state index contributed by atoms with van der Waals surface area (Å²) in [6, 6.07) is 15.6. The number of hydrogen-bond acceptors (Lipinski definition) is 5. The Balaban J connectivity index is 2.11. The molecule has 0 unspecified atom stereocenters. The molecule has 0 aromatic heterocycles. The van der Waals surface area contributed by atoms with Crippen LogP contribution in [0, 0.1) is 11.3 Å². The van der Waals surface area contributed by atoms with Crippen LogP contribution in [0.15, 0.2) is 48.5 Å².